The fourth-order valence-electron chi connectivity index (χ4n) is 4.71. The normalized spacial score (nSPS) is 14.1. The Morgan fingerprint density at radius 1 is 0.972 bits per heavy atom. The number of nitrogens with zero attached hydrogens (tertiary/aromatic N) is 1. The van der Waals surface area contributed by atoms with Crippen molar-refractivity contribution >= 4 is 22.2 Å². The number of alkyl carbamates (subject to hydrolysis) is 1. The lowest BCUT2D eigenvalue weighted by atomic mass is 9.98. The van der Waals surface area contributed by atoms with Gasteiger partial charge < -0.3 is 19.6 Å². The number of hydrogen-bond donors (Lipinski definition) is 3. The number of benzene rings is 2. The van der Waals surface area contributed by atoms with Crippen LogP contribution in [-0.4, -0.2) is 80.2 Å². The Morgan fingerprint density at radius 2 is 1.53 bits per heavy atom. The molecule has 36 heavy (non-hydrogen) atoms. The maximum absolute atomic E-state index is 12.5. The molecule has 3 rings (SSSR count). The molecular formula is C26H35N2O7S+. The van der Waals surface area contributed by atoms with Crippen molar-refractivity contribution < 1.29 is 36.9 Å². The molecule has 2 aromatic carbocycles. The van der Waals surface area contributed by atoms with Crippen molar-refractivity contribution in [3.05, 3.63) is 59.7 Å². The second kappa shape index (κ2) is 11.9. The quantitative estimate of drug-likeness (QED) is 0.210. The number of quaternary nitrogens is 1. The van der Waals surface area contributed by atoms with Crippen LogP contribution in [0.25, 0.3) is 11.1 Å². The number of carboxylic acids is 1. The van der Waals surface area contributed by atoms with Crippen LogP contribution in [0.1, 0.15) is 42.7 Å². The molecule has 1 aliphatic rings. The van der Waals surface area contributed by atoms with E-state index in [0.717, 1.165) is 22.3 Å². The zero-order valence-electron chi connectivity index (χ0n) is 20.7. The highest BCUT2D eigenvalue weighted by molar-refractivity contribution is 7.85. The van der Waals surface area contributed by atoms with Crippen LogP contribution in [0.2, 0.25) is 0 Å². The molecule has 2 aromatic rings. The summed E-state index contributed by atoms with van der Waals surface area (Å²) in [6.07, 6.45) is 1.11. The Hall–Kier alpha value is -2.95. The zero-order valence-corrected chi connectivity index (χ0v) is 21.5. The summed E-state index contributed by atoms with van der Waals surface area (Å²) in [6.45, 7) is 1.39. The van der Waals surface area contributed by atoms with Gasteiger partial charge in [-0.15, -0.1) is 0 Å². The van der Waals surface area contributed by atoms with Gasteiger partial charge in [-0.25, -0.2) is 9.59 Å². The molecule has 0 fully saturated rings. The summed E-state index contributed by atoms with van der Waals surface area (Å²) in [5.74, 6) is -1.50. The third-order valence-electron chi connectivity index (χ3n) is 6.61. The van der Waals surface area contributed by atoms with Gasteiger partial charge in [-0.3, -0.25) is 4.55 Å². The third kappa shape index (κ3) is 7.78. The zero-order chi connectivity index (χ0) is 26.3. The lowest BCUT2D eigenvalue weighted by molar-refractivity contribution is -0.890. The highest BCUT2D eigenvalue weighted by Gasteiger charge is 2.29. The first kappa shape index (κ1) is 27.6. The summed E-state index contributed by atoms with van der Waals surface area (Å²) in [7, 11) is -0.0671. The minimum atomic E-state index is -3.97. The molecular weight excluding hydrogens is 484 g/mol. The molecule has 0 unspecified atom stereocenters. The molecule has 0 aromatic heterocycles. The second-order valence-corrected chi connectivity index (χ2v) is 11.5. The molecule has 1 atom stereocenters. The summed E-state index contributed by atoms with van der Waals surface area (Å²) in [6, 6.07) is 14.9. The maximum Gasteiger partial charge on any atom is 0.407 e. The van der Waals surface area contributed by atoms with Crippen molar-refractivity contribution in [3.63, 3.8) is 0 Å². The monoisotopic (exact) mass is 519 g/mol. The number of aliphatic carboxylic acids is 1. The molecule has 0 saturated heterocycles. The van der Waals surface area contributed by atoms with Crippen LogP contribution < -0.4 is 5.32 Å². The van der Waals surface area contributed by atoms with Gasteiger partial charge in [-0.1, -0.05) is 48.5 Å². The van der Waals surface area contributed by atoms with Crippen molar-refractivity contribution in [2.75, 3.05) is 39.5 Å². The Balaban J connectivity index is 1.46. The predicted molar refractivity (Wildman–Crippen MR) is 136 cm³/mol. The number of carbonyl (C=O) groups is 2. The van der Waals surface area contributed by atoms with Gasteiger partial charge in [0.15, 0.2) is 0 Å². The SMILES string of the molecule is C[N+](C)(CCCC[C@H](NC(=O)OCC1c2ccccc2-c2ccccc21)C(=O)O)CCCS(=O)(=O)O. The fourth-order valence-corrected chi connectivity index (χ4v) is 5.21. The number of carbonyl (C=O) groups excluding carboxylic acids is 1. The standard InChI is InChI=1S/C26H34N2O7S/c1-28(2,16-9-17-36(32,33)34)15-8-7-14-24(25(29)30)27-26(31)35-18-23-21-12-5-3-10-19(21)20-11-4-6-13-22(20)23/h3-6,10-13,23-24H,7-9,14-18H2,1-2H3,(H2-,27,29,30,31,32,33,34)/p+1/t24-/m0/s1. The van der Waals surface area contributed by atoms with E-state index in [-0.39, 0.29) is 24.7 Å². The first-order valence-electron chi connectivity index (χ1n) is 12.1. The molecule has 1 amide bonds. The van der Waals surface area contributed by atoms with Gasteiger partial charge in [0, 0.05) is 12.3 Å². The summed E-state index contributed by atoms with van der Waals surface area (Å²) < 4.78 is 36.6. The highest BCUT2D eigenvalue weighted by Crippen LogP contribution is 2.44. The molecule has 9 nitrogen and oxygen atoms in total. The van der Waals surface area contributed by atoms with Gasteiger partial charge in [0.05, 0.1) is 32.9 Å². The first-order valence-corrected chi connectivity index (χ1v) is 13.7. The first-order chi connectivity index (χ1) is 17.0. The minimum absolute atomic E-state index is 0.104. The van der Waals surface area contributed by atoms with E-state index in [1.165, 1.54) is 0 Å². The van der Waals surface area contributed by atoms with Crippen molar-refractivity contribution in [1.82, 2.24) is 5.32 Å². The smallest absolute Gasteiger partial charge is 0.407 e. The van der Waals surface area contributed by atoms with Gasteiger partial charge in [0.25, 0.3) is 10.1 Å². The number of nitrogens with one attached hydrogen (secondary N) is 1. The van der Waals surface area contributed by atoms with Crippen LogP contribution in [0.4, 0.5) is 4.79 Å². The highest BCUT2D eigenvalue weighted by atomic mass is 32.2. The summed E-state index contributed by atoms with van der Waals surface area (Å²) >= 11 is 0. The summed E-state index contributed by atoms with van der Waals surface area (Å²) in [4.78, 5) is 24.2. The topological polar surface area (TPSA) is 130 Å². The van der Waals surface area contributed by atoms with Crippen LogP contribution in [0.3, 0.4) is 0 Å². The number of unbranched alkanes of at least 4 members (excludes halogenated alkanes) is 1. The van der Waals surface area contributed by atoms with Crippen LogP contribution in [0.15, 0.2) is 48.5 Å². The molecule has 0 bridgehead atoms. The van der Waals surface area contributed by atoms with Crippen molar-refractivity contribution in [2.24, 2.45) is 0 Å². The van der Waals surface area contributed by atoms with E-state index in [1.54, 1.807) is 0 Å². The van der Waals surface area contributed by atoms with Crippen molar-refractivity contribution in [1.29, 1.82) is 0 Å². The van der Waals surface area contributed by atoms with Crippen LogP contribution in [-0.2, 0) is 19.6 Å². The summed E-state index contributed by atoms with van der Waals surface area (Å²) in [5.41, 5.74) is 4.40. The van der Waals surface area contributed by atoms with E-state index >= 15 is 0 Å². The average Bonchev–Trinajstić information content (AvgIpc) is 3.12. The van der Waals surface area contributed by atoms with E-state index in [1.807, 2.05) is 62.6 Å². The molecule has 0 saturated carbocycles. The van der Waals surface area contributed by atoms with Gasteiger partial charge in [0.1, 0.15) is 12.6 Å². The van der Waals surface area contributed by atoms with Crippen LogP contribution in [0, 0.1) is 0 Å². The van der Waals surface area contributed by atoms with Gasteiger partial charge in [-0.2, -0.15) is 8.42 Å². The molecule has 196 valence electrons. The largest absolute Gasteiger partial charge is 0.480 e. The summed E-state index contributed by atoms with van der Waals surface area (Å²) in [5, 5.41) is 12.0. The molecule has 1 aliphatic carbocycles. The van der Waals surface area contributed by atoms with E-state index in [0.29, 0.717) is 36.8 Å². The second-order valence-electron chi connectivity index (χ2n) is 9.88. The third-order valence-corrected chi connectivity index (χ3v) is 7.41. The van der Waals surface area contributed by atoms with Gasteiger partial charge >= 0.3 is 12.1 Å². The minimum Gasteiger partial charge on any atom is -0.480 e. The van der Waals surface area contributed by atoms with E-state index in [4.69, 9.17) is 9.29 Å². The predicted octanol–water partition coefficient (Wildman–Crippen LogP) is 3.50. The number of hydrogen-bond acceptors (Lipinski definition) is 5. The average molecular weight is 520 g/mol. The van der Waals surface area contributed by atoms with Crippen LogP contribution in [0.5, 0.6) is 0 Å². The molecule has 10 heteroatoms. The number of amides is 1. The molecule has 0 heterocycles. The Kier molecular flexibility index (Phi) is 9.10. The molecule has 3 N–H and O–H groups in total. The van der Waals surface area contributed by atoms with E-state index in [9.17, 15) is 23.1 Å². The Bertz CT molecular complexity index is 1130. The Morgan fingerprint density at radius 3 is 2.08 bits per heavy atom. The number of rotatable bonds is 13. The number of carboxylic acid groups (broad SMARTS) is 1. The molecule has 0 aliphatic heterocycles. The lowest BCUT2D eigenvalue weighted by Crippen LogP contribution is -2.43. The van der Waals surface area contributed by atoms with Gasteiger partial charge in [0.2, 0.25) is 0 Å². The van der Waals surface area contributed by atoms with Crippen molar-refractivity contribution in [3.8, 4) is 11.1 Å². The van der Waals surface area contributed by atoms with Crippen LogP contribution >= 0.6 is 0 Å². The lowest BCUT2D eigenvalue weighted by Gasteiger charge is -2.29. The number of fused-ring (bicyclic) bond motifs is 3. The molecule has 0 radical (unpaired) electrons. The Labute approximate surface area is 212 Å². The number of ether oxygens (including phenoxy) is 1. The molecule has 0 spiro atoms. The van der Waals surface area contributed by atoms with E-state index < -0.39 is 28.2 Å². The fraction of sp³-hybridized carbons (Fsp3) is 0.462. The van der Waals surface area contributed by atoms with Crippen molar-refractivity contribution in [2.45, 2.75) is 37.6 Å². The maximum atomic E-state index is 12.5. The van der Waals surface area contributed by atoms with E-state index in [2.05, 4.69) is 5.32 Å². The van der Waals surface area contributed by atoms with Gasteiger partial charge in [-0.05, 0) is 41.5 Å².